The fraction of sp³-hybridized carbons (Fsp3) is 0.647. The average Bonchev–Trinajstić information content (AvgIpc) is 2.24. The van der Waals surface area contributed by atoms with E-state index in [0.29, 0.717) is 6.73 Å². The molecule has 0 atom stereocenters. The van der Waals surface area contributed by atoms with Gasteiger partial charge in [-0.2, -0.15) is 0 Å². The molecular formula is C17H27NO. The summed E-state index contributed by atoms with van der Waals surface area (Å²) < 4.78 is 5.99. The van der Waals surface area contributed by atoms with Crippen molar-refractivity contribution < 1.29 is 4.74 Å². The Kier molecular flexibility index (Phi) is 3.42. The zero-order valence-electron chi connectivity index (χ0n) is 13.4. The Morgan fingerprint density at radius 1 is 1.00 bits per heavy atom. The molecule has 1 aliphatic heterocycles. The highest BCUT2D eigenvalue weighted by atomic mass is 16.5. The van der Waals surface area contributed by atoms with Gasteiger partial charge in [0, 0.05) is 17.7 Å². The number of nitrogens with zero attached hydrogens (tertiary/aromatic N) is 1. The van der Waals surface area contributed by atoms with Crippen LogP contribution in [0.5, 0.6) is 5.75 Å². The largest absolute Gasteiger partial charge is 0.477 e. The van der Waals surface area contributed by atoms with Crippen molar-refractivity contribution >= 4 is 0 Å². The maximum Gasteiger partial charge on any atom is 0.142 e. The maximum absolute atomic E-state index is 5.99. The first-order valence-electron chi connectivity index (χ1n) is 7.08. The Morgan fingerprint density at radius 2 is 1.63 bits per heavy atom. The molecule has 1 heterocycles. The van der Waals surface area contributed by atoms with Crippen molar-refractivity contribution in [2.24, 2.45) is 0 Å². The van der Waals surface area contributed by atoms with Gasteiger partial charge < -0.3 is 4.74 Å². The first-order chi connectivity index (χ1) is 8.59. The topological polar surface area (TPSA) is 12.5 Å². The zero-order valence-corrected chi connectivity index (χ0v) is 13.4. The molecule has 1 aromatic carbocycles. The molecule has 1 aromatic rings. The molecule has 0 N–H and O–H groups in total. The molecule has 0 unspecified atom stereocenters. The van der Waals surface area contributed by atoms with Gasteiger partial charge in [0.1, 0.15) is 12.5 Å². The minimum atomic E-state index is 0.112. The van der Waals surface area contributed by atoms with Crippen LogP contribution in [0, 0.1) is 0 Å². The van der Waals surface area contributed by atoms with Crippen molar-refractivity contribution in [1.82, 2.24) is 4.90 Å². The van der Waals surface area contributed by atoms with Crippen molar-refractivity contribution in [3.8, 4) is 5.75 Å². The molecule has 106 valence electrons. The van der Waals surface area contributed by atoms with Gasteiger partial charge in [-0.25, -0.2) is 0 Å². The van der Waals surface area contributed by atoms with Gasteiger partial charge in [-0.05, 0) is 23.4 Å². The van der Waals surface area contributed by atoms with Gasteiger partial charge in [-0.1, -0.05) is 53.7 Å². The van der Waals surface area contributed by atoms with E-state index in [4.69, 9.17) is 4.74 Å². The third kappa shape index (κ3) is 2.94. The molecule has 2 heteroatoms. The van der Waals surface area contributed by atoms with Gasteiger partial charge in [0.25, 0.3) is 0 Å². The van der Waals surface area contributed by atoms with Crippen molar-refractivity contribution in [3.63, 3.8) is 0 Å². The lowest BCUT2D eigenvalue weighted by molar-refractivity contribution is 0.118. The standard InChI is InChI=1S/C17H27NO/c1-16(2,3)13-8-12-10-18(7)11-19-15(12)14(9-13)17(4,5)6/h8-9H,10-11H2,1-7H3. The van der Waals surface area contributed by atoms with Crippen molar-refractivity contribution in [3.05, 3.63) is 28.8 Å². The van der Waals surface area contributed by atoms with Gasteiger partial charge >= 0.3 is 0 Å². The Morgan fingerprint density at radius 3 is 2.16 bits per heavy atom. The maximum atomic E-state index is 5.99. The lowest BCUT2D eigenvalue weighted by Crippen LogP contribution is -2.31. The normalized spacial score (nSPS) is 17.0. The van der Waals surface area contributed by atoms with Crippen LogP contribution in [0.25, 0.3) is 0 Å². The third-order valence-corrected chi connectivity index (χ3v) is 3.71. The quantitative estimate of drug-likeness (QED) is 0.698. The summed E-state index contributed by atoms with van der Waals surface area (Å²) in [6, 6.07) is 4.66. The highest BCUT2D eigenvalue weighted by Crippen LogP contribution is 2.40. The van der Waals surface area contributed by atoms with Crippen LogP contribution in [0.4, 0.5) is 0 Å². The lowest BCUT2D eigenvalue weighted by atomic mass is 9.78. The molecular weight excluding hydrogens is 234 g/mol. The highest BCUT2D eigenvalue weighted by Gasteiger charge is 2.28. The molecule has 0 saturated heterocycles. The number of ether oxygens (including phenoxy) is 1. The van der Waals surface area contributed by atoms with Crippen LogP contribution in [0.15, 0.2) is 12.1 Å². The molecule has 19 heavy (non-hydrogen) atoms. The highest BCUT2D eigenvalue weighted by molar-refractivity contribution is 5.50. The van der Waals surface area contributed by atoms with Gasteiger partial charge in [-0.15, -0.1) is 0 Å². The van der Waals surface area contributed by atoms with E-state index in [0.717, 1.165) is 12.3 Å². The first kappa shape index (κ1) is 14.4. The molecule has 2 rings (SSSR count). The average molecular weight is 261 g/mol. The summed E-state index contributed by atoms with van der Waals surface area (Å²) in [7, 11) is 2.10. The van der Waals surface area contributed by atoms with Crippen LogP contribution in [0.2, 0.25) is 0 Å². The lowest BCUT2D eigenvalue weighted by Gasteiger charge is -2.33. The minimum absolute atomic E-state index is 0.112. The second-order valence-electron chi connectivity index (χ2n) is 7.80. The Hall–Kier alpha value is -1.02. The fourth-order valence-corrected chi connectivity index (χ4v) is 2.48. The summed E-state index contributed by atoms with van der Waals surface area (Å²) in [5.74, 6) is 1.11. The van der Waals surface area contributed by atoms with Crippen LogP contribution in [-0.4, -0.2) is 18.7 Å². The molecule has 0 spiro atoms. The van der Waals surface area contributed by atoms with Crippen molar-refractivity contribution in [1.29, 1.82) is 0 Å². The molecule has 2 nitrogen and oxygen atoms in total. The van der Waals surface area contributed by atoms with E-state index in [1.165, 1.54) is 16.7 Å². The molecule has 1 aliphatic rings. The number of fused-ring (bicyclic) bond motifs is 1. The van der Waals surface area contributed by atoms with Crippen LogP contribution in [-0.2, 0) is 17.4 Å². The van der Waals surface area contributed by atoms with Crippen molar-refractivity contribution in [2.45, 2.75) is 58.9 Å². The number of hydrogen-bond donors (Lipinski definition) is 0. The summed E-state index contributed by atoms with van der Waals surface area (Å²) >= 11 is 0. The Bertz CT molecular complexity index is 477. The van der Waals surface area contributed by atoms with E-state index in [9.17, 15) is 0 Å². The second kappa shape index (κ2) is 4.52. The predicted octanol–water partition coefficient (Wildman–Crippen LogP) is 4.06. The van der Waals surface area contributed by atoms with Gasteiger partial charge in [-0.3, -0.25) is 4.90 Å². The molecule has 0 bridgehead atoms. The summed E-state index contributed by atoms with van der Waals surface area (Å²) in [5.41, 5.74) is 4.34. The summed E-state index contributed by atoms with van der Waals surface area (Å²) in [6.45, 7) is 15.3. The van der Waals surface area contributed by atoms with E-state index in [2.05, 4.69) is 65.6 Å². The van der Waals surface area contributed by atoms with E-state index in [1.807, 2.05) is 0 Å². The van der Waals surface area contributed by atoms with E-state index >= 15 is 0 Å². The number of rotatable bonds is 0. The van der Waals surface area contributed by atoms with Crippen LogP contribution in [0.1, 0.15) is 58.2 Å². The SMILES string of the molecule is CN1COc2c(cc(C(C)(C)C)cc2C(C)(C)C)C1. The first-order valence-corrected chi connectivity index (χ1v) is 7.08. The van der Waals surface area contributed by atoms with E-state index in [1.54, 1.807) is 0 Å². The van der Waals surface area contributed by atoms with Gasteiger partial charge in [0.15, 0.2) is 0 Å². The zero-order chi connectivity index (χ0) is 14.4. The van der Waals surface area contributed by atoms with E-state index < -0.39 is 0 Å². The van der Waals surface area contributed by atoms with Gasteiger partial charge in [0.2, 0.25) is 0 Å². The third-order valence-electron chi connectivity index (χ3n) is 3.71. The fourth-order valence-electron chi connectivity index (χ4n) is 2.48. The minimum Gasteiger partial charge on any atom is -0.477 e. The molecule has 0 aromatic heterocycles. The molecule has 0 fully saturated rings. The summed E-state index contributed by atoms with van der Waals surface area (Å²) in [4.78, 5) is 2.21. The van der Waals surface area contributed by atoms with E-state index in [-0.39, 0.29) is 10.8 Å². The number of hydrogen-bond acceptors (Lipinski definition) is 2. The molecule has 0 aliphatic carbocycles. The summed E-state index contributed by atoms with van der Waals surface area (Å²) in [5, 5.41) is 0. The molecule has 0 radical (unpaired) electrons. The molecule has 0 saturated carbocycles. The summed E-state index contributed by atoms with van der Waals surface area (Å²) in [6.07, 6.45) is 0. The van der Waals surface area contributed by atoms with Crippen LogP contribution >= 0.6 is 0 Å². The monoisotopic (exact) mass is 261 g/mol. The Labute approximate surface area is 117 Å². The van der Waals surface area contributed by atoms with Crippen molar-refractivity contribution in [2.75, 3.05) is 13.8 Å². The predicted molar refractivity (Wildman–Crippen MR) is 80.8 cm³/mol. The Balaban J connectivity index is 2.62. The van der Waals surface area contributed by atoms with Gasteiger partial charge in [0.05, 0.1) is 0 Å². The molecule has 0 amide bonds. The number of benzene rings is 1. The second-order valence-corrected chi connectivity index (χ2v) is 7.80. The smallest absolute Gasteiger partial charge is 0.142 e. The van der Waals surface area contributed by atoms with Crippen LogP contribution < -0.4 is 4.74 Å². The van der Waals surface area contributed by atoms with Crippen LogP contribution in [0.3, 0.4) is 0 Å².